The zero-order valence-electron chi connectivity index (χ0n) is 7.01. The van der Waals surface area contributed by atoms with Crippen LogP contribution in [0.1, 0.15) is 10.4 Å². The zero-order chi connectivity index (χ0) is 9.84. The Kier molecular flexibility index (Phi) is 3.93. The number of halogens is 2. The van der Waals surface area contributed by atoms with E-state index >= 15 is 0 Å². The number of ketones is 1. The molecule has 70 valence electrons. The zero-order valence-corrected chi connectivity index (χ0v) is 9.41. The molecule has 0 unspecified atom stereocenters. The minimum Gasteiger partial charge on any atom is -0.293 e. The predicted molar refractivity (Wildman–Crippen MR) is 56.8 cm³/mol. The number of hydrogen-bond donors (Lipinski definition) is 0. The molecule has 0 saturated heterocycles. The predicted octanol–water partition coefficient (Wildman–Crippen LogP) is 3.13. The number of hydrogen-bond acceptors (Lipinski definition) is 2. The van der Waals surface area contributed by atoms with E-state index in [-0.39, 0.29) is 5.78 Å². The van der Waals surface area contributed by atoms with Gasteiger partial charge in [0, 0.05) is 5.56 Å². The van der Waals surface area contributed by atoms with Crippen molar-refractivity contribution >= 4 is 33.5 Å². The van der Waals surface area contributed by atoms with Gasteiger partial charge in [0.2, 0.25) is 0 Å². The molecule has 1 aromatic carbocycles. The fourth-order valence-electron chi connectivity index (χ4n) is 0.884. The van der Waals surface area contributed by atoms with Gasteiger partial charge in [-0.2, -0.15) is 11.8 Å². The maximum Gasteiger partial charge on any atom is 0.172 e. The molecular weight excluding hydrogens is 255 g/mol. The van der Waals surface area contributed by atoms with Gasteiger partial charge >= 0.3 is 0 Å². The number of benzene rings is 1. The maximum absolute atomic E-state index is 13.0. The minimum absolute atomic E-state index is 0.0427. The van der Waals surface area contributed by atoms with Crippen LogP contribution in [0.25, 0.3) is 0 Å². The molecule has 0 heterocycles. The van der Waals surface area contributed by atoms with Crippen LogP contribution in [-0.2, 0) is 0 Å². The standard InChI is InChI=1S/C9H8BrFOS/c1-13-5-9(12)6-2-3-7(10)8(11)4-6/h2-4H,5H2,1H3. The minimum atomic E-state index is -0.396. The monoisotopic (exact) mass is 262 g/mol. The van der Waals surface area contributed by atoms with Crippen molar-refractivity contribution in [2.75, 3.05) is 12.0 Å². The lowest BCUT2D eigenvalue weighted by molar-refractivity contribution is 0.102. The summed E-state index contributed by atoms with van der Waals surface area (Å²) in [6.45, 7) is 0. The molecule has 0 N–H and O–H groups in total. The van der Waals surface area contributed by atoms with Crippen molar-refractivity contribution in [1.29, 1.82) is 0 Å². The largest absolute Gasteiger partial charge is 0.293 e. The van der Waals surface area contributed by atoms with E-state index in [0.717, 1.165) is 0 Å². The average Bonchev–Trinajstić information content (AvgIpc) is 2.10. The van der Waals surface area contributed by atoms with Crippen LogP contribution in [0, 0.1) is 5.82 Å². The summed E-state index contributed by atoms with van der Waals surface area (Å²) in [6, 6.07) is 4.41. The summed E-state index contributed by atoms with van der Waals surface area (Å²) in [5, 5.41) is 0. The lowest BCUT2D eigenvalue weighted by atomic mass is 10.1. The van der Waals surface area contributed by atoms with Crippen LogP contribution < -0.4 is 0 Å². The van der Waals surface area contributed by atoms with E-state index < -0.39 is 5.82 Å². The summed E-state index contributed by atoms with van der Waals surface area (Å²) < 4.78 is 13.4. The van der Waals surface area contributed by atoms with E-state index in [1.165, 1.54) is 17.8 Å². The normalized spacial score (nSPS) is 10.1. The molecule has 0 aliphatic heterocycles. The fraction of sp³-hybridized carbons (Fsp3) is 0.222. The number of thioether (sulfide) groups is 1. The first-order chi connectivity index (χ1) is 6.15. The van der Waals surface area contributed by atoms with E-state index in [0.29, 0.717) is 15.8 Å². The van der Waals surface area contributed by atoms with Crippen LogP contribution in [0.4, 0.5) is 4.39 Å². The summed E-state index contributed by atoms with van der Waals surface area (Å²) in [6.07, 6.45) is 1.84. The average molecular weight is 263 g/mol. The number of rotatable bonds is 3. The Bertz CT molecular complexity index is 327. The highest BCUT2D eigenvalue weighted by atomic mass is 79.9. The molecule has 0 fully saturated rings. The third-order valence-corrected chi connectivity index (χ3v) is 2.71. The Labute approximate surface area is 88.8 Å². The van der Waals surface area contributed by atoms with Gasteiger partial charge < -0.3 is 0 Å². The molecule has 0 atom stereocenters. The van der Waals surface area contributed by atoms with Crippen LogP contribution in [0.15, 0.2) is 22.7 Å². The molecule has 1 nitrogen and oxygen atoms in total. The molecule has 0 bridgehead atoms. The van der Waals surface area contributed by atoms with Crippen LogP contribution in [-0.4, -0.2) is 17.8 Å². The van der Waals surface area contributed by atoms with Gasteiger partial charge in [-0.25, -0.2) is 4.39 Å². The van der Waals surface area contributed by atoms with E-state index in [9.17, 15) is 9.18 Å². The van der Waals surface area contributed by atoms with Gasteiger partial charge in [-0.05, 0) is 34.3 Å². The van der Waals surface area contributed by atoms with E-state index in [4.69, 9.17) is 0 Å². The molecule has 0 spiro atoms. The van der Waals surface area contributed by atoms with Gasteiger partial charge in [0.15, 0.2) is 5.78 Å². The quantitative estimate of drug-likeness (QED) is 0.779. The highest BCUT2D eigenvalue weighted by molar-refractivity contribution is 9.10. The first-order valence-corrected chi connectivity index (χ1v) is 5.81. The van der Waals surface area contributed by atoms with Crippen molar-refractivity contribution in [3.63, 3.8) is 0 Å². The van der Waals surface area contributed by atoms with E-state index in [1.807, 2.05) is 6.26 Å². The van der Waals surface area contributed by atoms with E-state index in [2.05, 4.69) is 15.9 Å². The summed E-state index contributed by atoms with van der Waals surface area (Å²) in [7, 11) is 0. The Hall–Kier alpha value is -0.350. The second kappa shape index (κ2) is 4.77. The lowest BCUT2D eigenvalue weighted by Crippen LogP contribution is -2.02. The Balaban J connectivity index is 2.90. The first-order valence-electron chi connectivity index (χ1n) is 3.62. The van der Waals surface area contributed by atoms with Crippen LogP contribution >= 0.6 is 27.7 Å². The molecule has 1 aromatic rings. The molecule has 1 rings (SSSR count). The first kappa shape index (κ1) is 10.7. The summed E-state index contributed by atoms with van der Waals surface area (Å²) in [5.41, 5.74) is 0.426. The summed E-state index contributed by atoms with van der Waals surface area (Å²) in [5.74, 6) is -0.0491. The summed E-state index contributed by atoms with van der Waals surface area (Å²) in [4.78, 5) is 11.3. The third kappa shape index (κ3) is 2.81. The fourth-order valence-corrected chi connectivity index (χ4v) is 1.56. The molecule has 0 aliphatic carbocycles. The maximum atomic E-state index is 13.0. The Morgan fingerprint density at radius 2 is 2.31 bits per heavy atom. The second-order valence-electron chi connectivity index (χ2n) is 2.49. The van der Waals surface area contributed by atoms with Crippen molar-refractivity contribution in [3.05, 3.63) is 34.1 Å². The van der Waals surface area contributed by atoms with Crippen molar-refractivity contribution in [2.45, 2.75) is 0 Å². The summed E-state index contributed by atoms with van der Waals surface area (Å²) >= 11 is 4.46. The van der Waals surface area contributed by atoms with Gasteiger partial charge in [0.25, 0.3) is 0 Å². The smallest absolute Gasteiger partial charge is 0.172 e. The second-order valence-corrected chi connectivity index (χ2v) is 4.21. The van der Waals surface area contributed by atoms with Gasteiger partial charge in [-0.1, -0.05) is 6.07 Å². The highest BCUT2D eigenvalue weighted by Gasteiger charge is 2.07. The molecule has 4 heteroatoms. The van der Waals surface area contributed by atoms with Crippen LogP contribution in [0.2, 0.25) is 0 Å². The number of carbonyl (C=O) groups excluding carboxylic acids is 1. The molecule has 0 saturated carbocycles. The van der Waals surface area contributed by atoms with Crippen molar-refractivity contribution in [2.24, 2.45) is 0 Å². The molecule has 0 aliphatic rings. The van der Waals surface area contributed by atoms with Gasteiger partial charge in [0.05, 0.1) is 10.2 Å². The molecular formula is C9H8BrFOS. The van der Waals surface area contributed by atoms with Crippen molar-refractivity contribution in [1.82, 2.24) is 0 Å². The van der Waals surface area contributed by atoms with Gasteiger partial charge in [0.1, 0.15) is 5.82 Å². The van der Waals surface area contributed by atoms with Gasteiger partial charge in [-0.15, -0.1) is 0 Å². The topological polar surface area (TPSA) is 17.1 Å². The number of carbonyl (C=O) groups is 1. The molecule has 0 amide bonds. The SMILES string of the molecule is CSCC(=O)c1ccc(Br)c(F)c1. The van der Waals surface area contributed by atoms with Crippen LogP contribution in [0.3, 0.4) is 0 Å². The highest BCUT2D eigenvalue weighted by Crippen LogP contribution is 2.17. The Morgan fingerprint density at radius 3 is 2.85 bits per heavy atom. The lowest BCUT2D eigenvalue weighted by Gasteiger charge is -1.99. The molecule has 13 heavy (non-hydrogen) atoms. The molecule has 0 aromatic heterocycles. The van der Waals surface area contributed by atoms with Crippen LogP contribution in [0.5, 0.6) is 0 Å². The van der Waals surface area contributed by atoms with Crippen molar-refractivity contribution < 1.29 is 9.18 Å². The van der Waals surface area contributed by atoms with Gasteiger partial charge in [-0.3, -0.25) is 4.79 Å². The molecule has 0 radical (unpaired) electrons. The Morgan fingerprint density at radius 1 is 1.62 bits per heavy atom. The van der Waals surface area contributed by atoms with E-state index in [1.54, 1.807) is 12.1 Å². The third-order valence-electron chi connectivity index (χ3n) is 1.52. The number of Topliss-reactive ketones (excluding diaryl/α,β-unsaturated/α-hetero) is 1. The van der Waals surface area contributed by atoms with Crippen molar-refractivity contribution in [3.8, 4) is 0 Å².